The van der Waals surface area contributed by atoms with E-state index < -0.39 is 6.23 Å². The molecule has 0 amide bonds. The number of rotatable bonds is 7. The quantitative estimate of drug-likeness (QED) is 0.392. The fraction of sp³-hybridized carbons (Fsp3) is 0.400. The molecule has 0 aromatic heterocycles. The molecule has 8 heteroatoms. The summed E-state index contributed by atoms with van der Waals surface area (Å²) in [6.45, 7) is 5.04. The Hall–Kier alpha value is -3.23. The number of morpholine rings is 1. The van der Waals surface area contributed by atoms with Gasteiger partial charge in [-0.2, -0.15) is 5.10 Å². The predicted molar refractivity (Wildman–Crippen MR) is 123 cm³/mol. The van der Waals surface area contributed by atoms with Gasteiger partial charge in [0.05, 0.1) is 45.5 Å². The zero-order chi connectivity index (χ0) is 23.2. The van der Waals surface area contributed by atoms with Crippen LogP contribution in [0.2, 0.25) is 0 Å². The van der Waals surface area contributed by atoms with E-state index in [4.69, 9.17) is 19.9 Å². The lowest BCUT2D eigenvalue weighted by atomic mass is 9.90. The normalized spacial score (nSPS) is 20.2. The maximum absolute atomic E-state index is 13.0. The van der Waals surface area contributed by atoms with Gasteiger partial charge in [0.2, 0.25) is 0 Å². The minimum atomic E-state index is -0.628. The van der Waals surface area contributed by atoms with Gasteiger partial charge in [0.1, 0.15) is 5.75 Å². The molecule has 33 heavy (non-hydrogen) atoms. The van der Waals surface area contributed by atoms with Crippen molar-refractivity contribution in [3.05, 3.63) is 64.7 Å². The molecule has 0 aliphatic carbocycles. The minimum absolute atomic E-state index is 0.0970. The number of fused-ring (bicyclic) bond motifs is 1. The summed E-state index contributed by atoms with van der Waals surface area (Å²) in [6, 6.07) is 12.7. The highest BCUT2D eigenvalue weighted by Gasteiger charge is 2.30. The molecule has 8 nitrogen and oxygen atoms in total. The molecule has 4 rings (SSSR count). The lowest BCUT2D eigenvalue weighted by molar-refractivity contribution is -0.145. The van der Waals surface area contributed by atoms with Crippen LogP contribution in [0.4, 0.5) is 0 Å². The van der Waals surface area contributed by atoms with Gasteiger partial charge in [-0.15, -0.1) is 0 Å². The Labute approximate surface area is 193 Å². The molecule has 2 aliphatic rings. The number of benzene rings is 2. The topological polar surface area (TPSA) is 103 Å². The Balaban J connectivity index is 1.41. The Morgan fingerprint density at radius 3 is 2.61 bits per heavy atom. The van der Waals surface area contributed by atoms with E-state index in [1.165, 1.54) is 0 Å². The van der Waals surface area contributed by atoms with Gasteiger partial charge < -0.3 is 14.2 Å². The van der Waals surface area contributed by atoms with Crippen molar-refractivity contribution < 1.29 is 23.8 Å². The second-order valence-corrected chi connectivity index (χ2v) is 8.14. The van der Waals surface area contributed by atoms with E-state index in [1.807, 2.05) is 23.2 Å². The van der Waals surface area contributed by atoms with Crippen LogP contribution >= 0.6 is 0 Å². The van der Waals surface area contributed by atoms with Crippen LogP contribution in [-0.4, -0.2) is 62.1 Å². The third kappa shape index (κ3) is 5.77. The molecule has 2 N–H and O–H groups in total. The molecule has 2 heterocycles. The summed E-state index contributed by atoms with van der Waals surface area (Å²) in [6.07, 6.45) is 1.97. The fourth-order valence-electron chi connectivity index (χ4n) is 3.94. The van der Waals surface area contributed by atoms with Gasteiger partial charge in [0, 0.05) is 17.0 Å². The lowest BCUT2D eigenvalue weighted by Gasteiger charge is -2.30. The van der Waals surface area contributed by atoms with Gasteiger partial charge in [-0.1, -0.05) is 36.4 Å². The van der Waals surface area contributed by atoms with Crippen LogP contribution in [0, 0.1) is 5.92 Å². The average molecular weight is 452 g/mol. The van der Waals surface area contributed by atoms with E-state index in [-0.39, 0.29) is 24.1 Å². The summed E-state index contributed by atoms with van der Waals surface area (Å²) in [5, 5.41) is 6.43. The van der Waals surface area contributed by atoms with Gasteiger partial charge in [0.15, 0.2) is 12.0 Å². The molecule has 2 aromatic carbocycles. The second-order valence-electron chi connectivity index (χ2n) is 8.14. The van der Waals surface area contributed by atoms with Gasteiger partial charge in [-0.25, -0.2) is 0 Å². The summed E-state index contributed by atoms with van der Waals surface area (Å²) in [4.78, 5) is 24.8. The van der Waals surface area contributed by atoms with Crippen LogP contribution in [0.1, 0.15) is 40.4 Å². The fourth-order valence-corrected chi connectivity index (χ4v) is 3.94. The number of hydrogen-bond acceptors (Lipinski definition) is 8. The van der Waals surface area contributed by atoms with Crippen molar-refractivity contribution in [2.45, 2.75) is 26.0 Å². The zero-order valence-corrected chi connectivity index (χ0v) is 18.7. The molecule has 1 fully saturated rings. The van der Waals surface area contributed by atoms with Crippen molar-refractivity contribution in [1.29, 1.82) is 0 Å². The average Bonchev–Trinajstić information content (AvgIpc) is 2.83. The third-order valence-electron chi connectivity index (χ3n) is 5.80. The van der Waals surface area contributed by atoms with E-state index in [0.29, 0.717) is 43.1 Å². The van der Waals surface area contributed by atoms with Crippen molar-refractivity contribution in [1.82, 2.24) is 5.01 Å². The third-order valence-corrected chi connectivity index (χ3v) is 5.80. The molecule has 0 radical (unpaired) electrons. The van der Waals surface area contributed by atoms with Crippen LogP contribution in [-0.2, 0) is 20.7 Å². The van der Waals surface area contributed by atoms with Crippen molar-refractivity contribution in [2.24, 2.45) is 16.8 Å². The molecular weight excluding hydrogens is 422 g/mol. The summed E-state index contributed by atoms with van der Waals surface area (Å²) < 4.78 is 16.2. The van der Waals surface area contributed by atoms with Crippen LogP contribution in [0.15, 0.2) is 47.6 Å². The van der Waals surface area contributed by atoms with Crippen molar-refractivity contribution in [3.8, 4) is 5.75 Å². The molecular formula is C25H29N3O5. The van der Waals surface area contributed by atoms with E-state index in [1.54, 1.807) is 37.4 Å². The number of carbonyl (C=O) groups excluding carboxylic acids is 2. The Morgan fingerprint density at radius 2 is 1.88 bits per heavy atom. The first-order valence-corrected chi connectivity index (χ1v) is 11.3. The number of ether oxygens (including phenoxy) is 3. The van der Waals surface area contributed by atoms with E-state index in [2.05, 4.69) is 5.10 Å². The Kier molecular flexibility index (Phi) is 7.36. The molecule has 174 valence electrons. The SMILES string of the molecule is CCOC(=O)CC1Cc2ccc(C(=O)c3ccc(C=NN4CCOCC4)cc3)cc2OC1N. The molecule has 2 atom stereocenters. The maximum Gasteiger partial charge on any atom is 0.306 e. The van der Waals surface area contributed by atoms with Crippen LogP contribution in [0.5, 0.6) is 5.75 Å². The highest BCUT2D eigenvalue weighted by molar-refractivity contribution is 6.09. The second kappa shape index (κ2) is 10.6. The van der Waals surface area contributed by atoms with Gasteiger partial charge >= 0.3 is 5.97 Å². The smallest absolute Gasteiger partial charge is 0.306 e. The van der Waals surface area contributed by atoms with E-state index in [9.17, 15) is 9.59 Å². The number of ketones is 1. The molecule has 2 aromatic rings. The summed E-state index contributed by atoms with van der Waals surface area (Å²) in [5.41, 5.74) is 9.10. The molecule has 1 saturated heterocycles. The van der Waals surface area contributed by atoms with E-state index >= 15 is 0 Å². The standard InChI is InChI=1S/C25H29N3O5/c1-2-32-23(29)15-21-13-19-7-8-20(14-22(19)33-25(21)26)24(30)18-5-3-17(4-6-18)16-27-28-9-11-31-12-10-28/h3-8,14,16,21,25H,2,9-13,15,26H2,1H3. The molecule has 0 spiro atoms. The van der Waals surface area contributed by atoms with E-state index in [0.717, 1.165) is 24.2 Å². The Bertz CT molecular complexity index is 1020. The predicted octanol–water partition coefficient (Wildman–Crippen LogP) is 2.37. The van der Waals surface area contributed by atoms with Crippen LogP contribution in [0.25, 0.3) is 0 Å². The summed E-state index contributed by atoms with van der Waals surface area (Å²) >= 11 is 0. The van der Waals surface area contributed by atoms with Crippen LogP contribution in [0.3, 0.4) is 0 Å². The Morgan fingerprint density at radius 1 is 1.15 bits per heavy atom. The first-order chi connectivity index (χ1) is 16.0. The first kappa shape index (κ1) is 22.9. The van der Waals surface area contributed by atoms with Gasteiger partial charge in [0.25, 0.3) is 0 Å². The molecule has 2 unspecified atom stereocenters. The summed E-state index contributed by atoms with van der Waals surface area (Å²) in [7, 11) is 0. The number of nitrogens with two attached hydrogens (primary N) is 1. The lowest BCUT2D eigenvalue weighted by Crippen LogP contribution is -2.41. The number of carbonyl (C=O) groups is 2. The number of hydrazone groups is 1. The highest BCUT2D eigenvalue weighted by atomic mass is 16.5. The molecule has 2 aliphatic heterocycles. The molecule has 0 bridgehead atoms. The monoisotopic (exact) mass is 451 g/mol. The number of esters is 1. The van der Waals surface area contributed by atoms with Gasteiger partial charge in [-0.05, 0) is 30.5 Å². The minimum Gasteiger partial charge on any atom is -0.475 e. The largest absolute Gasteiger partial charge is 0.475 e. The van der Waals surface area contributed by atoms with Crippen molar-refractivity contribution in [2.75, 3.05) is 32.9 Å². The van der Waals surface area contributed by atoms with Gasteiger partial charge in [-0.3, -0.25) is 20.3 Å². The van der Waals surface area contributed by atoms with Crippen LogP contribution < -0.4 is 10.5 Å². The highest BCUT2D eigenvalue weighted by Crippen LogP contribution is 2.32. The summed E-state index contributed by atoms with van der Waals surface area (Å²) in [5.74, 6) is 0.0445. The zero-order valence-electron chi connectivity index (χ0n) is 18.7. The van der Waals surface area contributed by atoms with Crippen molar-refractivity contribution in [3.63, 3.8) is 0 Å². The first-order valence-electron chi connectivity index (χ1n) is 11.3. The number of hydrogen-bond donors (Lipinski definition) is 1. The molecule has 0 saturated carbocycles. The van der Waals surface area contributed by atoms with Crippen molar-refractivity contribution >= 4 is 18.0 Å². The number of nitrogens with zero attached hydrogens (tertiary/aromatic N) is 2. The maximum atomic E-state index is 13.0.